The fraction of sp³-hybridized carbons (Fsp3) is 0.281. The fourth-order valence-electron chi connectivity index (χ4n) is 5.14. The molecule has 0 radical (unpaired) electrons. The maximum atomic E-state index is 13.9. The third kappa shape index (κ3) is 4.99. The van der Waals surface area contributed by atoms with E-state index in [1.807, 2.05) is 67.3 Å². The largest absolute Gasteiger partial charge is 0.497 e. The second-order valence-electron chi connectivity index (χ2n) is 9.61. The second kappa shape index (κ2) is 11.1. The average Bonchev–Trinajstić information content (AvgIpc) is 3.30. The van der Waals surface area contributed by atoms with E-state index < -0.39 is 0 Å². The summed E-state index contributed by atoms with van der Waals surface area (Å²) in [5.74, 6) is 1.77. The Morgan fingerprint density at radius 3 is 2.21 bits per heavy atom. The summed E-state index contributed by atoms with van der Waals surface area (Å²) in [5.41, 5.74) is 7.02. The number of rotatable bonds is 7. The zero-order valence-corrected chi connectivity index (χ0v) is 22.6. The number of hydrogen-bond donors (Lipinski definition) is 0. The number of hydrogen-bond acceptors (Lipinski definition) is 4. The van der Waals surface area contributed by atoms with Crippen molar-refractivity contribution in [2.75, 3.05) is 44.8 Å². The molecular weight excluding hydrogens is 474 g/mol. The van der Waals surface area contributed by atoms with Crippen LogP contribution in [0.3, 0.4) is 0 Å². The van der Waals surface area contributed by atoms with E-state index >= 15 is 0 Å². The minimum absolute atomic E-state index is 0.0702. The smallest absolute Gasteiger partial charge is 0.255 e. The molecule has 0 spiro atoms. The maximum absolute atomic E-state index is 13.9. The number of aryl methyl sites for hydroxylation is 1. The SMILES string of the molecule is CCOc1ccccc1N1CCN(C(=O)c2cc(-c3ccc(OC)cc3)n(-c3ccc(C)cc3)c2C)CC1. The number of piperazine rings is 1. The van der Waals surface area contributed by atoms with Crippen LogP contribution in [0.2, 0.25) is 0 Å². The Labute approximate surface area is 225 Å². The molecule has 1 saturated heterocycles. The highest BCUT2D eigenvalue weighted by Gasteiger charge is 2.27. The summed E-state index contributed by atoms with van der Waals surface area (Å²) in [4.78, 5) is 18.1. The number of carbonyl (C=O) groups excluding carboxylic acids is 1. The van der Waals surface area contributed by atoms with Gasteiger partial charge in [-0.1, -0.05) is 29.8 Å². The number of aromatic nitrogens is 1. The molecule has 2 heterocycles. The van der Waals surface area contributed by atoms with Crippen LogP contribution in [-0.4, -0.2) is 55.3 Å². The van der Waals surface area contributed by atoms with Crippen LogP contribution in [0.1, 0.15) is 28.5 Å². The van der Waals surface area contributed by atoms with E-state index in [9.17, 15) is 4.79 Å². The summed E-state index contributed by atoms with van der Waals surface area (Å²) in [7, 11) is 1.67. The van der Waals surface area contributed by atoms with Crippen LogP contribution < -0.4 is 14.4 Å². The Bertz CT molecular complexity index is 1400. The van der Waals surface area contributed by atoms with Gasteiger partial charge in [0, 0.05) is 37.6 Å². The standard InChI is InChI=1S/C32H35N3O3/c1-5-38-31-9-7-6-8-29(31)33-18-20-34(21-19-33)32(36)28-22-30(25-12-16-27(37-4)17-13-25)35(24(28)3)26-14-10-23(2)11-15-26/h6-17,22H,5,18-21H2,1-4H3. The molecule has 0 unspecified atom stereocenters. The van der Waals surface area contributed by atoms with E-state index in [0.717, 1.165) is 58.5 Å². The normalized spacial score (nSPS) is 13.5. The van der Waals surface area contributed by atoms with Gasteiger partial charge in [-0.25, -0.2) is 0 Å². The first-order valence-electron chi connectivity index (χ1n) is 13.2. The van der Waals surface area contributed by atoms with Crippen LogP contribution in [0.4, 0.5) is 5.69 Å². The van der Waals surface area contributed by atoms with Gasteiger partial charge in [-0.15, -0.1) is 0 Å². The minimum atomic E-state index is 0.0702. The van der Waals surface area contributed by atoms with Gasteiger partial charge in [-0.05, 0) is 80.9 Å². The highest BCUT2D eigenvalue weighted by molar-refractivity contribution is 5.97. The van der Waals surface area contributed by atoms with Gasteiger partial charge >= 0.3 is 0 Å². The van der Waals surface area contributed by atoms with Gasteiger partial charge in [0.05, 0.1) is 30.7 Å². The van der Waals surface area contributed by atoms with Crippen LogP contribution in [0.15, 0.2) is 78.9 Å². The lowest BCUT2D eigenvalue weighted by Gasteiger charge is -2.36. The molecule has 6 heteroatoms. The molecule has 0 saturated carbocycles. The third-order valence-corrected chi connectivity index (χ3v) is 7.23. The highest BCUT2D eigenvalue weighted by Crippen LogP contribution is 2.33. The zero-order valence-electron chi connectivity index (χ0n) is 22.6. The van der Waals surface area contributed by atoms with Crippen LogP contribution in [0.25, 0.3) is 16.9 Å². The van der Waals surface area contributed by atoms with Crippen molar-refractivity contribution in [3.63, 3.8) is 0 Å². The van der Waals surface area contributed by atoms with Crippen LogP contribution in [0.5, 0.6) is 11.5 Å². The van der Waals surface area contributed by atoms with Crippen molar-refractivity contribution in [2.24, 2.45) is 0 Å². The van der Waals surface area contributed by atoms with Crippen molar-refractivity contribution in [1.29, 1.82) is 0 Å². The average molecular weight is 510 g/mol. The molecule has 5 rings (SSSR count). The molecule has 1 aliphatic heterocycles. The van der Waals surface area contributed by atoms with Gasteiger partial charge in [-0.3, -0.25) is 4.79 Å². The first-order chi connectivity index (χ1) is 18.5. The molecule has 6 nitrogen and oxygen atoms in total. The fourth-order valence-corrected chi connectivity index (χ4v) is 5.14. The molecule has 4 aromatic rings. The van der Waals surface area contributed by atoms with Gasteiger partial charge in [0.1, 0.15) is 11.5 Å². The predicted molar refractivity (Wildman–Crippen MR) is 153 cm³/mol. The lowest BCUT2D eigenvalue weighted by atomic mass is 10.1. The number of benzene rings is 3. The molecule has 1 aliphatic rings. The summed E-state index contributed by atoms with van der Waals surface area (Å²) in [6.45, 7) is 9.59. The molecule has 1 amide bonds. The monoisotopic (exact) mass is 509 g/mol. The molecule has 1 aromatic heterocycles. The van der Waals surface area contributed by atoms with E-state index in [4.69, 9.17) is 9.47 Å². The third-order valence-electron chi connectivity index (χ3n) is 7.23. The maximum Gasteiger partial charge on any atom is 0.255 e. The van der Waals surface area contributed by atoms with Crippen molar-refractivity contribution in [1.82, 2.24) is 9.47 Å². The Balaban J connectivity index is 1.43. The van der Waals surface area contributed by atoms with Crippen molar-refractivity contribution >= 4 is 11.6 Å². The topological polar surface area (TPSA) is 46.9 Å². The zero-order chi connectivity index (χ0) is 26.6. The van der Waals surface area contributed by atoms with Crippen LogP contribution in [0, 0.1) is 13.8 Å². The first kappa shape index (κ1) is 25.5. The number of nitrogens with zero attached hydrogens (tertiary/aromatic N) is 3. The molecule has 196 valence electrons. The lowest BCUT2D eigenvalue weighted by Crippen LogP contribution is -2.49. The summed E-state index contributed by atoms with van der Waals surface area (Å²) < 4.78 is 13.4. The summed E-state index contributed by atoms with van der Waals surface area (Å²) >= 11 is 0. The van der Waals surface area contributed by atoms with Crippen LogP contribution in [-0.2, 0) is 0 Å². The number of para-hydroxylation sites is 2. The molecule has 1 fully saturated rings. The molecule has 0 atom stereocenters. The van der Waals surface area contributed by atoms with E-state index in [1.165, 1.54) is 5.56 Å². The van der Waals surface area contributed by atoms with Gasteiger partial charge < -0.3 is 23.8 Å². The van der Waals surface area contributed by atoms with Crippen molar-refractivity contribution in [3.05, 3.63) is 95.7 Å². The minimum Gasteiger partial charge on any atom is -0.497 e. The highest BCUT2D eigenvalue weighted by atomic mass is 16.5. The van der Waals surface area contributed by atoms with Crippen molar-refractivity contribution < 1.29 is 14.3 Å². The summed E-state index contributed by atoms with van der Waals surface area (Å²) in [6.07, 6.45) is 0. The number of anilines is 1. The number of amides is 1. The van der Waals surface area contributed by atoms with E-state index in [0.29, 0.717) is 19.7 Å². The molecule has 0 N–H and O–H groups in total. The van der Waals surface area contributed by atoms with Crippen molar-refractivity contribution in [3.8, 4) is 28.4 Å². The Kier molecular flexibility index (Phi) is 7.40. The van der Waals surface area contributed by atoms with E-state index in [2.05, 4.69) is 46.7 Å². The first-order valence-corrected chi connectivity index (χ1v) is 13.2. The van der Waals surface area contributed by atoms with E-state index in [-0.39, 0.29) is 5.91 Å². The molecular formula is C32H35N3O3. The number of ether oxygens (including phenoxy) is 2. The van der Waals surface area contributed by atoms with Crippen molar-refractivity contribution in [2.45, 2.75) is 20.8 Å². The number of methoxy groups -OCH3 is 1. The number of carbonyl (C=O) groups is 1. The lowest BCUT2D eigenvalue weighted by molar-refractivity contribution is 0.0746. The summed E-state index contributed by atoms with van der Waals surface area (Å²) in [6, 6.07) is 26.6. The van der Waals surface area contributed by atoms with E-state index in [1.54, 1.807) is 7.11 Å². The Morgan fingerprint density at radius 1 is 0.868 bits per heavy atom. The molecule has 3 aromatic carbocycles. The molecule has 0 bridgehead atoms. The second-order valence-corrected chi connectivity index (χ2v) is 9.61. The van der Waals surface area contributed by atoms with Gasteiger partial charge in [0.25, 0.3) is 5.91 Å². The Morgan fingerprint density at radius 2 is 1.55 bits per heavy atom. The van der Waals surface area contributed by atoms with Gasteiger partial charge in [-0.2, -0.15) is 0 Å². The predicted octanol–water partition coefficient (Wildman–Crippen LogP) is 6.13. The molecule has 0 aliphatic carbocycles. The Hall–Kier alpha value is -4.19. The van der Waals surface area contributed by atoms with Gasteiger partial charge in [0.15, 0.2) is 0 Å². The summed E-state index contributed by atoms with van der Waals surface area (Å²) in [5, 5.41) is 0. The quantitative estimate of drug-likeness (QED) is 0.301. The molecule has 38 heavy (non-hydrogen) atoms. The van der Waals surface area contributed by atoms with Gasteiger partial charge in [0.2, 0.25) is 0 Å². The van der Waals surface area contributed by atoms with Crippen LogP contribution >= 0.6 is 0 Å².